The van der Waals surface area contributed by atoms with Crippen molar-refractivity contribution >= 4 is 11.6 Å². The third-order valence-corrected chi connectivity index (χ3v) is 2.14. The van der Waals surface area contributed by atoms with Gasteiger partial charge in [0, 0.05) is 0 Å². The lowest BCUT2D eigenvalue weighted by Gasteiger charge is -2.02. The van der Waals surface area contributed by atoms with E-state index in [2.05, 4.69) is 27.4 Å². The van der Waals surface area contributed by atoms with Gasteiger partial charge < -0.3 is 11.1 Å². The molecule has 0 aromatic carbocycles. The van der Waals surface area contributed by atoms with Crippen LogP contribution < -0.4 is 11.1 Å². The smallest absolute Gasteiger partial charge is 0.274 e. The van der Waals surface area contributed by atoms with Crippen LogP contribution in [0.3, 0.4) is 0 Å². The van der Waals surface area contributed by atoms with Crippen molar-refractivity contribution in [2.24, 2.45) is 0 Å². The first-order valence-electron chi connectivity index (χ1n) is 5.09. The summed E-state index contributed by atoms with van der Waals surface area (Å²) >= 11 is 0. The number of nitrogens with zero attached hydrogens (tertiary/aromatic N) is 1. The highest BCUT2D eigenvalue weighted by Gasteiger charge is 2.17. The molecule has 1 heterocycles. The Morgan fingerprint density at radius 1 is 1.62 bits per heavy atom. The van der Waals surface area contributed by atoms with E-state index in [4.69, 9.17) is 5.73 Å². The molecule has 0 unspecified atom stereocenters. The van der Waals surface area contributed by atoms with Crippen LogP contribution in [0.2, 0.25) is 0 Å². The van der Waals surface area contributed by atoms with Crippen LogP contribution in [0.4, 0.5) is 5.69 Å². The van der Waals surface area contributed by atoms with Crippen LogP contribution in [0.25, 0.3) is 0 Å². The van der Waals surface area contributed by atoms with Crippen molar-refractivity contribution in [1.82, 2.24) is 15.5 Å². The molecular weight excluding hydrogens is 204 g/mol. The van der Waals surface area contributed by atoms with Gasteiger partial charge in [-0.3, -0.25) is 9.89 Å². The summed E-state index contributed by atoms with van der Waals surface area (Å²) in [5.74, 6) is 5.34. The SMILES string of the molecule is CC#CCNC(=O)c1n[nH]c(C(C)C)c1N. The lowest BCUT2D eigenvalue weighted by atomic mass is 10.1. The molecule has 0 saturated heterocycles. The van der Waals surface area contributed by atoms with E-state index < -0.39 is 0 Å². The Bertz CT molecular complexity index is 437. The van der Waals surface area contributed by atoms with E-state index in [9.17, 15) is 4.79 Å². The number of rotatable bonds is 3. The summed E-state index contributed by atoms with van der Waals surface area (Å²) in [4.78, 5) is 11.6. The summed E-state index contributed by atoms with van der Waals surface area (Å²) in [7, 11) is 0. The first kappa shape index (κ1) is 12.1. The lowest BCUT2D eigenvalue weighted by molar-refractivity contribution is 0.0954. The van der Waals surface area contributed by atoms with Gasteiger partial charge in [0.25, 0.3) is 5.91 Å². The van der Waals surface area contributed by atoms with Crippen molar-refractivity contribution in [2.45, 2.75) is 26.7 Å². The molecule has 0 bridgehead atoms. The maximum absolute atomic E-state index is 11.6. The Hall–Kier alpha value is -1.96. The minimum absolute atomic E-state index is 0.212. The minimum Gasteiger partial charge on any atom is -0.395 e. The molecule has 0 spiro atoms. The Labute approximate surface area is 94.8 Å². The quantitative estimate of drug-likeness (QED) is 0.661. The van der Waals surface area contributed by atoms with Crippen LogP contribution in [0.1, 0.15) is 42.9 Å². The molecule has 86 valence electrons. The summed E-state index contributed by atoms with van der Waals surface area (Å²) in [6.45, 7) is 5.98. The van der Waals surface area contributed by atoms with Gasteiger partial charge in [0.15, 0.2) is 5.69 Å². The number of hydrogen-bond acceptors (Lipinski definition) is 3. The standard InChI is InChI=1S/C11H16N4O/c1-4-5-6-13-11(16)10-8(12)9(7(2)3)14-15-10/h7H,6,12H2,1-3H3,(H,13,16)(H,14,15). The van der Waals surface area contributed by atoms with E-state index in [0.29, 0.717) is 12.2 Å². The molecule has 16 heavy (non-hydrogen) atoms. The summed E-state index contributed by atoms with van der Waals surface area (Å²) in [5, 5.41) is 9.30. The van der Waals surface area contributed by atoms with Gasteiger partial charge in [-0.25, -0.2) is 0 Å². The van der Waals surface area contributed by atoms with Crippen molar-refractivity contribution in [2.75, 3.05) is 12.3 Å². The number of anilines is 1. The molecule has 5 heteroatoms. The second-order valence-electron chi connectivity index (χ2n) is 3.66. The highest BCUT2D eigenvalue weighted by molar-refractivity contribution is 5.97. The van der Waals surface area contributed by atoms with Crippen molar-refractivity contribution in [3.05, 3.63) is 11.4 Å². The van der Waals surface area contributed by atoms with Gasteiger partial charge in [-0.05, 0) is 12.8 Å². The topological polar surface area (TPSA) is 83.8 Å². The molecule has 4 N–H and O–H groups in total. The fraction of sp³-hybridized carbons (Fsp3) is 0.455. The summed E-state index contributed by atoms with van der Waals surface area (Å²) < 4.78 is 0. The van der Waals surface area contributed by atoms with Gasteiger partial charge in [0.1, 0.15) is 0 Å². The largest absolute Gasteiger partial charge is 0.395 e. The molecule has 0 aliphatic heterocycles. The van der Waals surface area contributed by atoms with E-state index in [-0.39, 0.29) is 17.5 Å². The molecule has 1 aromatic rings. The van der Waals surface area contributed by atoms with Gasteiger partial charge in [-0.2, -0.15) is 5.10 Å². The Morgan fingerprint density at radius 2 is 2.31 bits per heavy atom. The van der Waals surface area contributed by atoms with E-state index in [1.54, 1.807) is 6.92 Å². The number of nitrogen functional groups attached to an aromatic ring is 1. The highest BCUT2D eigenvalue weighted by atomic mass is 16.1. The Kier molecular flexibility index (Phi) is 3.95. The van der Waals surface area contributed by atoms with Gasteiger partial charge >= 0.3 is 0 Å². The van der Waals surface area contributed by atoms with E-state index in [0.717, 1.165) is 5.69 Å². The van der Waals surface area contributed by atoms with Crippen LogP contribution in [0.5, 0.6) is 0 Å². The van der Waals surface area contributed by atoms with Crippen LogP contribution >= 0.6 is 0 Å². The highest BCUT2D eigenvalue weighted by Crippen LogP contribution is 2.21. The third kappa shape index (κ3) is 2.54. The summed E-state index contributed by atoms with van der Waals surface area (Å²) in [5.41, 5.74) is 7.25. The van der Waals surface area contributed by atoms with Crippen molar-refractivity contribution < 1.29 is 4.79 Å². The molecule has 1 amide bonds. The number of H-pyrrole nitrogens is 1. The maximum atomic E-state index is 11.6. The molecular formula is C11H16N4O. The second-order valence-corrected chi connectivity index (χ2v) is 3.66. The van der Waals surface area contributed by atoms with Gasteiger partial charge in [0.05, 0.1) is 17.9 Å². The number of amides is 1. The van der Waals surface area contributed by atoms with Crippen molar-refractivity contribution in [1.29, 1.82) is 0 Å². The number of aromatic nitrogens is 2. The Balaban J connectivity index is 2.79. The number of nitrogens with one attached hydrogen (secondary N) is 2. The number of aromatic amines is 1. The first-order chi connectivity index (χ1) is 7.57. The third-order valence-electron chi connectivity index (χ3n) is 2.14. The molecule has 0 aliphatic rings. The first-order valence-corrected chi connectivity index (χ1v) is 5.09. The van der Waals surface area contributed by atoms with Crippen molar-refractivity contribution in [3.63, 3.8) is 0 Å². The molecule has 0 saturated carbocycles. The van der Waals surface area contributed by atoms with Crippen LogP contribution in [0.15, 0.2) is 0 Å². The average Bonchev–Trinajstić information content (AvgIpc) is 2.60. The zero-order valence-electron chi connectivity index (χ0n) is 9.72. The monoisotopic (exact) mass is 220 g/mol. The van der Waals surface area contributed by atoms with Crippen LogP contribution in [0, 0.1) is 11.8 Å². The molecule has 0 radical (unpaired) electrons. The molecule has 1 rings (SSSR count). The van der Waals surface area contributed by atoms with Crippen molar-refractivity contribution in [3.8, 4) is 11.8 Å². The molecule has 0 atom stereocenters. The zero-order chi connectivity index (χ0) is 12.1. The zero-order valence-corrected chi connectivity index (χ0v) is 9.72. The molecule has 0 fully saturated rings. The van der Waals surface area contributed by atoms with E-state index >= 15 is 0 Å². The number of nitrogens with two attached hydrogens (primary N) is 1. The second kappa shape index (κ2) is 5.21. The molecule has 1 aromatic heterocycles. The van der Waals surface area contributed by atoms with E-state index in [1.807, 2.05) is 13.8 Å². The normalized spacial score (nSPS) is 9.75. The fourth-order valence-corrected chi connectivity index (χ4v) is 1.27. The Morgan fingerprint density at radius 3 is 2.81 bits per heavy atom. The molecule has 0 aliphatic carbocycles. The average molecular weight is 220 g/mol. The van der Waals surface area contributed by atoms with Gasteiger partial charge in [-0.15, -0.1) is 5.92 Å². The van der Waals surface area contributed by atoms with Crippen LogP contribution in [-0.2, 0) is 0 Å². The maximum Gasteiger partial charge on any atom is 0.274 e. The van der Waals surface area contributed by atoms with E-state index in [1.165, 1.54) is 0 Å². The predicted octanol–water partition coefficient (Wildman–Crippen LogP) is 0.868. The summed E-state index contributed by atoms with van der Waals surface area (Å²) in [6.07, 6.45) is 0. The minimum atomic E-state index is -0.302. The van der Waals surface area contributed by atoms with Gasteiger partial charge in [-0.1, -0.05) is 19.8 Å². The van der Waals surface area contributed by atoms with Crippen LogP contribution in [-0.4, -0.2) is 22.6 Å². The number of carbonyl (C=O) groups is 1. The fourth-order valence-electron chi connectivity index (χ4n) is 1.27. The predicted molar refractivity (Wildman–Crippen MR) is 62.9 cm³/mol. The van der Waals surface area contributed by atoms with Gasteiger partial charge in [0.2, 0.25) is 0 Å². The number of carbonyl (C=O) groups excluding carboxylic acids is 1. The summed E-state index contributed by atoms with van der Waals surface area (Å²) in [6, 6.07) is 0. The lowest BCUT2D eigenvalue weighted by Crippen LogP contribution is -2.24. The molecule has 5 nitrogen and oxygen atoms in total. The number of hydrogen-bond donors (Lipinski definition) is 3.